The Hall–Kier alpha value is -7.29. The first-order valence-corrected chi connectivity index (χ1v) is 19.0. The zero-order chi connectivity index (χ0) is 43.8. The third-order valence-corrected chi connectivity index (χ3v) is 8.91. The molecule has 0 saturated heterocycles. The predicted molar refractivity (Wildman–Crippen MR) is 224 cm³/mol. The van der Waals surface area contributed by atoms with Crippen molar-refractivity contribution in [2.75, 3.05) is 24.1 Å². The molecular weight excluding hydrogens is 781 g/mol. The summed E-state index contributed by atoms with van der Waals surface area (Å²) in [4.78, 5) is 24.4. The van der Waals surface area contributed by atoms with Gasteiger partial charge >= 0.3 is 19.3 Å². The average Bonchev–Trinajstić information content (AvgIpc) is 3.73. The lowest BCUT2D eigenvalue weighted by molar-refractivity contribution is -0.0504. The average molecular weight is 825 g/mol. The summed E-state index contributed by atoms with van der Waals surface area (Å²) in [6, 6.07) is 27.7. The van der Waals surface area contributed by atoms with Gasteiger partial charge in [-0.15, -0.1) is 0 Å². The molecule has 2 aromatic heterocycles. The number of rotatable bonds is 13. The number of aromatic nitrogens is 2. The number of urea groups is 1. The number of carbonyl (C=O) groups excluding carboxylic acids is 2. The summed E-state index contributed by atoms with van der Waals surface area (Å²) in [5.41, 5.74) is 12.3. The highest BCUT2D eigenvalue weighted by atomic mass is 19.3. The van der Waals surface area contributed by atoms with Crippen LogP contribution < -0.4 is 25.8 Å². The molecule has 0 atom stereocenters. The second-order valence-corrected chi connectivity index (χ2v) is 12.8. The largest absolute Gasteiger partial charge is 0.435 e. The Morgan fingerprint density at radius 2 is 1.20 bits per heavy atom. The van der Waals surface area contributed by atoms with Crippen molar-refractivity contribution < 1.29 is 36.6 Å². The van der Waals surface area contributed by atoms with Gasteiger partial charge in [-0.1, -0.05) is 38.1 Å². The van der Waals surface area contributed by atoms with Crippen LogP contribution in [-0.4, -0.2) is 47.6 Å². The van der Waals surface area contributed by atoms with E-state index in [1.807, 2.05) is 61.1 Å². The van der Waals surface area contributed by atoms with Crippen LogP contribution >= 0.6 is 0 Å². The first-order chi connectivity index (χ1) is 28.9. The summed E-state index contributed by atoms with van der Waals surface area (Å²) in [7, 11) is 0. The number of hydrogen-bond donors (Lipinski definition) is 3. The Morgan fingerprint density at radius 1 is 0.733 bits per heavy atom. The van der Waals surface area contributed by atoms with Crippen molar-refractivity contribution >= 4 is 45.3 Å². The van der Waals surface area contributed by atoms with Crippen molar-refractivity contribution in [2.24, 2.45) is 4.99 Å². The van der Waals surface area contributed by atoms with E-state index in [4.69, 9.17) is 5.73 Å². The summed E-state index contributed by atoms with van der Waals surface area (Å²) < 4.78 is 62.9. The number of benzene rings is 4. The molecule has 0 bridgehead atoms. The maximum atomic E-state index is 12.6. The lowest BCUT2D eigenvalue weighted by Gasteiger charge is -2.11. The van der Waals surface area contributed by atoms with Crippen molar-refractivity contribution in [3.63, 3.8) is 0 Å². The standard InChI is InChI=1S/C22H22F2N4O2.C18H15F2N3O.C4H7NO/c1-3-11-26-22(29)27-15-7-5-14(6-8-15)20-18(13-25)17-10-9-16(30-21(23)24)12-19(17)28(20)4-2;1-2-23-16-9-13(24-18(19)20)7-8-14(16)15(10-21)17(23)11-3-5-12(22)6-4-11;1-2-3-5-4-6/h5-10,12,21H,3-4,11H2,1-2H3,(H2,26,27,29);3-9,18H,2,22H2,1H3;2-3H2,1H3. The highest BCUT2D eigenvalue weighted by Gasteiger charge is 2.21. The SMILES string of the molecule is CCCN=C=O.CCCNC(=O)Nc1ccc(-c2c(C#N)c3ccc(OC(F)F)cc3n2CC)cc1.CCn1c(-c2ccc(N)cc2)c(C#N)c2ccc(OC(F)F)cc21. The van der Waals surface area contributed by atoms with Crippen LogP contribution in [0.15, 0.2) is 89.9 Å². The van der Waals surface area contributed by atoms with Gasteiger partial charge in [-0.3, -0.25) is 0 Å². The van der Waals surface area contributed by atoms with Gasteiger partial charge in [0.1, 0.15) is 23.6 Å². The van der Waals surface area contributed by atoms with Crippen LogP contribution in [0.4, 0.5) is 33.7 Å². The number of nitrogens with zero attached hydrogens (tertiary/aromatic N) is 5. The van der Waals surface area contributed by atoms with Gasteiger partial charge in [0.25, 0.3) is 0 Å². The third kappa shape index (κ3) is 11.2. The number of aryl methyl sites for hydroxylation is 2. The molecule has 60 heavy (non-hydrogen) atoms. The minimum absolute atomic E-state index is 0.0402. The Bertz CT molecular complexity index is 2520. The molecule has 0 fully saturated rings. The van der Waals surface area contributed by atoms with Crippen molar-refractivity contribution in [3.05, 3.63) is 96.1 Å². The molecule has 0 aliphatic heterocycles. The molecule has 2 amide bonds. The molecule has 0 radical (unpaired) electrons. The van der Waals surface area contributed by atoms with Crippen molar-refractivity contribution in [3.8, 4) is 46.2 Å². The van der Waals surface area contributed by atoms with Gasteiger partial charge < -0.3 is 35.0 Å². The first-order valence-electron chi connectivity index (χ1n) is 19.0. The van der Waals surface area contributed by atoms with Crippen LogP contribution in [0.25, 0.3) is 44.3 Å². The molecule has 6 aromatic rings. The molecule has 12 nitrogen and oxygen atoms in total. The van der Waals surface area contributed by atoms with Gasteiger partial charge in [-0.25, -0.2) is 14.6 Å². The number of ether oxygens (including phenoxy) is 2. The van der Waals surface area contributed by atoms with Crippen LogP contribution in [0.1, 0.15) is 51.7 Å². The summed E-state index contributed by atoms with van der Waals surface area (Å²) in [5, 5.41) is 26.3. The molecule has 2 heterocycles. The number of nitrogen functional groups attached to an aromatic ring is 1. The Morgan fingerprint density at radius 3 is 1.57 bits per heavy atom. The number of anilines is 2. The molecule has 0 saturated carbocycles. The maximum Gasteiger partial charge on any atom is 0.387 e. The van der Waals surface area contributed by atoms with Crippen molar-refractivity contribution in [2.45, 2.75) is 66.8 Å². The second-order valence-electron chi connectivity index (χ2n) is 12.8. The van der Waals surface area contributed by atoms with E-state index in [2.05, 4.69) is 37.2 Å². The number of fused-ring (bicyclic) bond motifs is 2. The van der Waals surface area contributed by atoms with Crippen molar-refractivity contribution in [1.29, 1.82) is 10.5 Å². The van der Waals surface area contributed by atoms with E-state index >= 15 is 0 Å². The number of aliphatic imine (C=N–C) groups is 1. The van der Waals surface area contributed by atoms with Gasteiger partial charge in [-0.05, 0) is 86.3 Å². The number of amides is 2. The zero-order valence-corrected chi connectivity index (χ0v) is 33.4. The van der Waals surface area contributed by atoms with Crippen molar-refractivity contribution in [1.82, 2.24) is 14.5 Å². The normalized spacial score (nSPS) is 10.5. The Kier molecular flexibility index (Phi) is 16.7. The number of hydrogen-bond acceptors (Lipinski definition) is 8. The van der Waals surface area contributed by atoms with Crippen LogP contribution in [-0.2, 0) is 17.9 Å². The molecular formula is C44H44F4N8O4. The van der Waals surface area contributed by atoms with Gasteiger partial charge in [0.05, 0.1) is 40.1 Å². The second kappa shape index (κ2) is 22.0. The lowest BCUT2D eigenvalue weighted by Crippen LogP contribution is -2.29. The lowest BCUT2D eigenvalue weighted by atomic mass is 10.1. The van der Waals surface area contributed by atoms with Crippen LogP contribution in [0.2, 0.25) is 0 Å². The van der Waals surface area contributed by atoms with E-state index in [-0.39, 0.29) is 17.5 Å². The molecule has 0 spiro atoms. The molecule has 4 N–H and O–H groups in total. The quantitative estimate of drug-likeness (QED) is 0.0450. The fourth-order valence-electron chi connectivity index (χ4n) is 6.42. The minimum atomic E-state index is -2.92. The molecule has 0 aliphatic rings. The number of nitrogens with two attached hydrogens (primary N) is 1. The smallest absolute Gasteiger partial charge is 0.387 e. The van der Waals surface area contributed by atoms with E-state index in [9.17, 15) is 37.7 Å². The van der Waals surface area contributed by atoms with E-state index in [1.165, 1.54) is 30.3 Å². The van der Waals surface area contributed by atoms with E-state index in [0.717, 1.165) is 29.7 Å². The van der Waals surface area contributed by atoms with Gasteiger partial charge in [-0.2, -0.15) is 28.1 Å². The molecule has 0 unspecified atom stereocenters. The van der Waals surface area contributed by atoms with E-state index in [0.29, 0.717) is 76.2 Å². The summed E-state index contributed by atoms with van der Waals surface area (Å²) in [6.45, 7) is 4.28. The number of carbonyl (C=O) groups is 1. The number of alkyl halides is 4. The van der Waals surface area contributed by atoms with Gasteiger partial charge in [0.15, 0.2) is 0 Å². The highest BCUT2D eigenvalue weighted by Crippen LogP contribution is 2.37. The van der Waals surface area contributed by atoms with E-state index in [1.54, 1.807) is 36.4 Å². The van der Waals surface area contributed by atoms with Crippen LogP contribution in [0, 0.1) is 22.7 Å². The predicted octanol–water partition coefficient (Wildman–Crippen LogP) is 10.4. The van der Waals surface area contributed by atoms with Gasteiger partial charge in [0.2, 0.25) is 6.08 Å². The Labute approximate surface area is 344 Å². The summed E-state index contributed by atoms with van der Waals surface area (Å²) in [6.07, 6.45) is 3.21. The minimum Gasteiger partial charge on any atom is -0.435 e. The molecule has 312 valence electrons. The monoisotopic (exact) mass is 824 g/mol. The zero-order valence-electron chi connectivity index (χ0n) is 33.4. The first kappa shape index (κ1) is 45.4. The summed E-state index contributed by atoms with van der Waals surface area (Å²) in [5.74, 6) is 0.108. The third-order valence-electron chi connectivity index (χ3n) is 8.91. The molecule has 4 aromatic carbocycles. The highest BCUT2D eigenvalue weighted by molar-refractivity contribution is 5.97. The topological polar surface area (TPSA) is 172 Å². The fourth-order valence-corrected chi connectivity index (χ4v) is 6.42. The van der Waals surface area contributed by atoms with Crippen LogP contribution in [0.5, 0.6) is 11.5 Å². The summed E-state index contributed by atoms with van der Waals surface area (Å²) >= 11 is 0. The molecule has 16 heteroatoms. The van der Waals surface area contributed by atoms with Gasteiger partial charge in [0, 0.05) is 53.9 Å². The van der Waals surface area contributed by atoms with E-state index < -0.39 is 13.2 Å². The number of nitriles is 2. The number of nitrogens with one attached hydrogen (secondary N) is 2. The number of isocyanates is 1. The molecule has 6 rings (SSSR count). The number of halogens is 4. The fraction of sp³-hybridized carbons (Fsp3) is 0.273. The maximum absolute atomic E-state index is 12.6. The Balaban J connectivity index is 0.000000237. The molecule has 0 aliphatic carbocycles. The van der Waals surface area contributed by atoms with Crippen LogP contribution in [0.3, 0.4) is 0 Å².